The smallest absolute Gasteiger partial charge is 0.335 e. The lowest BCUT2D eigenvalue weighted by Crippen LogP contribution is -2.23. The first kappa shape index (κ1) is 15.5. The fourth-order valence-corrected chi connectivity index (χ4v) is 1.90. The van der Waals surface area contributed by atoms with Crippen molar-refractivity contribution >= 4 is 18.0 Å². The van der Waals surface area contributed by atoms with E-state index < -0.39 is 5.97 Å². The van der Waals surface area contributed by atoms with Gasteiger partial charge in [0.25, 0.3) is 0 Å². The van der Waals surface area contributed by atoms with Crippen LogP contribution < -0.4 is 5.32 Å². The first-order valence-corrected chi connectivity index (χ1v) is 6.81. The summed E-state index contributed by atoms with van der Waals surface area (Å²) in [6.45, 7) is 0.535. The molecule has 1 aromatic carbocycles. The molecule has 2 aromatic rings. The minimum atomic E-state index is -0.969. The van der Waals surface area contributed by atoms with Crippen molar-refractivity contribution in [2.24, 2.45) is 7.05 Å². The topological polar surface area (TPSA) is 84.2 Å². The Morgan fingerprint density at radius 1 is 1.32 bits per heavy atom. The molecule has 0 bridgehead atoms. The molecular formula is C16H17N3O3. The summed E-state index contributed by atoms with van der Waals surface area (Å²) < 4.78 is 1.72. The van der Waals surface area contributed by atoms with Crippen LogP contribution in [0.2, 0.25) is 0 Å². The average molecular weight is 299 g/mol. The van der Waals surface area contributed by atoms with Gasteiger partial charge in [0, 0.05) is 25.9 Å². The SMILES string of the molecule is Cn1cc(CCNC(=O)C=Cc2ccc(C(=O)O)cc2)cn1. The summed E-state index contributed by atoms with van der Waals surface area (Å²) in [7, 11) is 1.85. The number of aromatic carboxylic acids is 1. The van der Waals surface area contributed by atoms with Gasteiger partial charge in [-0.1, -0.05) is 12.1 Å². The Hall–Kier alpha value is -2.89. The second-order valence-electron chi connectivity index (χ2n) is 4.82. The van der Waals surface area contributed by atoms with Crippen molar-refractivity contribution < 1.29 is 14.7 Å². The maximum absolute atomic E-state index is 11.7. The van der Waals surface area contributed by atoms with Gasteiger partial charge in [-0.05, 0) is 35.8 Å². The lowest BCUT2D eigenvalue weighted by Gasteiger charge is -2.00. The monoisotopic (exact) mass is 299 g/mol. The van der Waals surface area contributed by atoms with Crippen molar-refractivity contribution in [1.82, 2.24) is 15.1 Å². The largest absolute Gasteiger partial charge is 0.478 e. The Labute approximate surface area is 128 Å². The van der Waals surface area contributed by atoms with Crippen LogP contribution in [0, 0.1) is 0 Å². The van der Waals surface area contributed by atoms with E-state index in [9.17, 15) is 9.59 Å². The van der Waals surface area contributed by atoms with Gasteiger partial charge < -0.3 is 10.4 Å². The Morgan fingerprint density at radius 3 is 2.64 bits per heavy atom. The number of aryl methyl sites for hydroxylation is 1. The van der Waals surface area contributed by atoms with Crippen LogP contribution in [-0.2, 0) is 18.3 Å². The van der Waals surface area contributed by atoms with E-state index in [1.165, 1.54) is 18.2 Å². The predicted molar refractivity (Wildman–Crippen MR) is 82.4 cm³/mol. The molecular weight excluding hydrogens is 282 g/mol. The third kappa shape index (κ3) is 4.59. The molecule has 0 saturated carbocycles. The fraction of sp³-hybridized carbons (Fsp3) is 0.188. The molecule has 0 aliphatic heterocycles. The van der Waals surface area contributed by atoms with E-state index in [2.05, 4.69) is 10.4 Å². The Morgan fingerprint density at radius 2 is 2.05 bits per heavy atom. The number of nitrogens with one attached hydrogen (secondary N) is 1. The zero-order chi connectivity index (χ0) is 15.9. The van der Waals surface area contributed by atoms with Crippen molar-refractivity contribution in [2.45, 2.75) is 6.42 Å². The number of carbonyl (C=O) groups excluding carboxylic acids is 1. The molecule has 1 heterocycles. The zero-order valence-corrected chi connectivity index (χ0v) is 12.2. The first-order chi connectivity index (χ1) is 10.5. The molecule has 22 heavy (non-hydrogen) atoms. The molecule has 1 amide bonds. The van der Waals surface area contributed by atoms with Crippen LogP contribution >= 0.6 is 0 Å². The van der Waals surface area contributed by atoms with Crippen LogP contribution in [0.4, 0.5) is 0 Å². The summed E-state index contributed by atoms with van der Waals surface area (Å²) in [6.07, 6.45) is 7.47. The number of carboxylic acids is 1. The number of carboxylic acid groups (broad SMARTS) is 1. The van der Waals surface area contributed by atoms with Gasteiger partial charge in [0.15, 0.2) is 0 Å². The molecule has 6 heteroatoms. The van der Waals surface area contributed by atoms with Gasteiger partial charge in [0.2, 0.25) is 5.91 Å². The summed E-state index contributed by atoms with van der Waals surface area (Å²) in [5.74, 6) is -1.16. The molecule has 0 fully saturated rings. The van der Waals surface area contributed by atoms with Gasteiger partial charge in [-0.15, -0.1) is 0 Å². The van der Waals surface area contributed by atoms with Crippen LogP contribution in [-0.4, -0.2) is 33.3 Å². The highest BCUT2D eigenvalue weighted by atomic mass is 16.4. The van der Waals surface area contributed by atoms with E-state index in [0.717, 1.165) is 17.5 Å². The highest BCUT2D eigenvalue weighted by Crippen LogP contribution is 2.06. The molecule has 0 spiro atoms. The number of hydrogen-bond donors (Lipinski definition) is 2. The van der Waals surface area contributed by atoms with Gasteiger partial charge in [0.1, 0.15) is 0 Å². The van der Waals surface area contributed by atoms with Crippen LogP contribution in [0.25, 0.3) is 6.08 Å². The normalized spacial score (nSPS) is 10.8. The summed E-state index contributed by atoms with van der Waals surface area (Å²) in [6, 6.07) is 6.32. The van der Waals surface area contributed by atoms with Crippen molar-refractivity contribution in [3.63, 3.8) is 0 Å². The Bertz CT molecular complexity index is 687. The highest BCUT2D eigenvalue weighted by molar-refractivity contribution is 5.92. The maximum atomic E-state index is 11.7. The number of carbonyl (C=O) groups is 2. The van der Waals surface area contributed by atoms with E-state index in [4.69, 9.17) is 5.11 Å². The molecule has 0 radical (unpaired) electrons. The van der Waals surface area contributed by atoms with Crippen molar-refractivity contribution in [3.8, 4) is 0 Å². The second-order valence-corrected chi connectivity index (χ2v) is 4.82. The molecule has 2 rings (SSSR count). The fourth-order valence-electron chi connectivity index (χ4n) is 1.90. The molecule has 114 valence electrons. The van der Waals surface area contributed by atoms with Gasteiger partial charge in [0.05, 0.1) is 11.8 Å². The molecule has 0 aliphatic carbocycles. The third-order valence-electron chi connectivity index (χ3n) is 3.06. The van der Waals surface area contributed by atoms with Crippen LogP contribution in [0.5, 0.6) is 0 Å². The lowest BCUT2D eigenvalue weighted by atomic mass is 10.1. The van der Waals surface area contributed by atoms with E-state index in [-0.39, 0.29) is 11.5 Å². The first-order valence-electron chi connectivity index (χ1n) is 6.81. The number of aromatic nitrogens is 2. The second kappa shape index (κ2) is 7.21. The molecule has 6 nitrogen and oxygen atoms in total. The van der Waals surface area contributed by atoms with Crippen molar-refractivity contribution in [1.29, 1.82) is 0 Å². The number of hydrogen-bond acceptors (Lipinski definition) is 3. The number of nitrogens with zero attached hydrogens (tertiary/aromatic N) is 2. The van der Waals surface area contributed by atoms with Gasteiger partial charge in [-0.25, -0.2) is 4.79 Å². The summed E-state index contributed by atoms with van der Waals surface area (Å²) >= 11 is 0. The number of amides is 1. The van der Waals surface area contributed by atoms with Gasteiger partial charge in [-0.3, -0.25) is 9.48 Å². The minimum Gasteiger partial charge on any atom is -0.478 e. The maximum Gasteiger partial charge on any atom is 0.335 e. The van der Waals surface area contributed by atoms with Crippen molar-refractivity contribution in [3.05, 3.63) is 59.4 Å². The van der Waals surface area contributed by atoms with Gasteiger partial charge in [-0.2, -0.15) is 5.10 Å². The average Bonchev–Trinajstić information content (AvgIpc) is 2.91. The number of benzene rings is 1. The predicted octanol–water partition coefficient (Wildman–Crippen LogP) is 1.49. The van der Waals surface area contributed by atoms with Gasteiger partial charge >= 0.3 is 5.97 Å². The molecule has 2 N–H and O–H groups in total. The zero-order valence-electron chi connectivity index (χ0n) is 12.2. The van der Waals surface area contributed by atoms with E-state index in [1.54, 1.807) is 29.1 Å². The third-order valence-corrected chi connectivity index (χ3v) is 3.06. The van der Waals surface area contributed by atoms with E-state index >= 15 is 0 Å². The molecule has 0 unspecified atom stereocenters. The Kier molecular flexibility index (Phi) is 5.08. The van der Waals surface area contributed by atoms with E-state index in [1.807, 2.05) is 13.2 Å². The van der Waals surface area contributed by atoms with Crippen molar-refractivity contribution in [2.75, 3.05) is 6.54 Å². The lowest BCUT2D eigenvalue weighted by molar-refractivity contribution is -0.116. The van der Waals surface area contributed by atoms with Crippen LogP contribution in [0.15, 0.2) is 42.7 Å². The summed E-state index contributed by atoms with van der Waals surface area (Å²) in [5.41, 5.74) is 2.06. The molecule has 0 saturated heterocycles. The quantitative estimate of drug-likeness (QED) is 0.792. The Balaban J connectivity index is 1.79. The molecule has 0 atom stereocenters. The summed E-state index contributed by atoms with van der Waals surface area (Å²) in [4.78, 5) is 22.4. The van der Waals surface area contributed by atoms with Crippen LogP contribution in [0.3, 0.4) is 0 Å². The minimum absolute atomic E-state index is 0.189. The summed E-state index contributed by atoms with van der Waals surface area (Å²) in [5, 5.41) is 15.6. The highest BCUT2D eigenvalue weighted by Gasteiger charge is 2.01. The molecule has 0 aliphatic rings. The van der Waals surface area contributed by atoms with E-state index in [0.29, 0.717) is 6.54 Å². The standard InChI is InChI=1S/C16H17N3O3/c1-19-11-13(10-18-19)8-9-17-15(20)7-4-12-2-5-14(6-3-12)16(21)22/h2-7,10-11H,8-9H2,1H3,(H,17,20)(H,21,22). The van der Waals surface area contributed by atoms with Crippen LogP contribution in [0.1, 0.15) is 21.5 Å². The molecule has 1 aromatic heterocycles. The number of rotatable bonds is 6.